The van der Waals surface area contributed by atoms with Crippen molar-refractivity contribution in [2.24, 2.45) is 0 Å². The maximum absolute atomic E-state index is 10.9. The van der Waals surface area contributed by atoms with Gasteiger partial charge in [0.25, 0.3) is 0 Å². The number of hydrogen-bond donors (Lipinski definition) is 0. The van der Waals surface area contributed by atoms with Crippen molar-refractivity contribution in [2.75, 3.05) is 0 Å². The van der Waals surface area contributed by atoms with Crippen molar-refractivity contribution in [3.8, 4) is 5.69 Å². The number of nitrogens with zero attached hydrogens (tertiary/aromatic N) is 1. The van der Waals surface area contributed by atoms with Crippen LogP contribution in [0.4, 0.5) is 0 Å². The van der Waals surface area contributed by atoms with Crippen molar-refractivity contribution in [3.05, 3.63) is 64.6 Å². The standard InChI is InChI=1S/C12H11NO/c1-10-3-2-4-11(9-10)13-7-5-12(14)6-8-13/h2-9H,1H3. The molecule has 0 saturated heterocycles. The van der Waals surface area contributed by atoms with Crippen LogP contribution in [-0.4, -0.2) is 4.57 Å². The minimum absolute atomic E-state index is 0.0360. The SMILES string of the molecule is Cc1cccc(-n2ccc(=O)cc2)c1. The Morgan fingerprint density at radius 1 is 1.07 bits per heavy atom. The molecule has 0 saturated carbocycles. The zero-order valence-corrected chi connectivity index (χ0v) is 7.97. The Labute approximate surface area is 82.4 Å². The van der Waals surface area contributed by atoms with Gasteiger partial charge >= 0.3 is 0 Å². The van der Waals surface area contributed by atoms with Crippen molar-refractivity contribution in [3.63, 3.8) is 0 Å². The van der Waals surface area contributed by atoms with Gasteiger partial charge in [0.05, 0.1) is 0 Å². The van der Waals surface area contributed by atoms with Crippen LogP contribution in [0.25, 0.3) is 5.69 Å². The molecule has 0 bridgehead atoms. The Morgan fingerprint density at radius 3 is 2.43 bits per heavy atom. The molecule has 1 aromatic carbocycles. The molecule has 0 fully saturated rings. The molecule has 70 valence electrons. The highest BCUT2D eigenvalue weighted by atomic mass is 16.1. The highest BCUT2D eigenvalue weighted by molar-refractivity contribution is 5.35. The molecular weight excluding hydrogens is 174 g/mol. The minimum Gasteiger partial charge on any atom is -0.324 e. The van der Waals surface area contributed by atoms with Crippen LogP contribution >= 0.6 is 0 Å². The summed E-state index contributed by atoms with van der Waals surface area (Å²) in [5.74, 6) is 0. The molecule has 0 unspecified atom stereocenters. The van der Waals surface area contributed by atoms with Gasteiger partial charge in [0, 0.05) is 30.2 Å². The molecule has 2 nitrogen and oxygen atoms in total. The molecule has 0 atom stereocenters. The van der Waals surface area contributed by atoms with Crippen molar-refractivity contribution in [1.29, 1.82) is 0 Å². The zero-order valence-electron chi connectivity index (χ0n) is 7.97. The second-order valence-electron chi connectivity index (χ2n) is 3.28. The van der Waals surface area contributed by atoms with Crippen molar-refractivity contribution in [2.45, 2.75) is 6.92 Å². The van der Waals surface area contributed by atoms with Crippen LogP contribution in [0, 0.1) is 6.92 Å². The largest absolute Gasteiger partial charge is 0.324 e. The van der Waals surface area contributed by atoms with Crippen LogP contribution in [0.3, 0.4) is 0 Å². The van der Waals surface area contributed by atoms with Gasteiger partial charge in [-0.25, -0.2) is 0 Å². The van der Waals surface area contributed by atoms with Gasteiger partial charge in [0.2, 0.25) is 0 Å². The van der Waals surface area contributed by atoms with Gasteiger partial charge in [-0.05, 0) is 24.6 Å². The van der Waals surface area contributed by atoms with Crippen molar-refractivity contribution in [1.82, 2.24) is 4.57 Å². The van der Waals surface area contributed by atoms with E-state index in [0.717, 1.165) is 5.69 Å². The number of hydrogen-bond acceptors (Lipinski definition) is 1. The lowest BCUT2D eigenvalue weighted by atomic mass is 10.2. The molecule has 0 N–H and O–H groups in total. The average Bonchev–Trinajstić information content (AvgIpc) is 2.19. The lowest BCUT2D eigenvalue weighted by Gasteiger charge is -2.05. The van der Waals surface area contributed by atoms with Gasteiger partial charge in [-0.3, -0.25) is 4.79 Å². The van der Waals surface area contributed by atoms with Crippen LogP contribution in [0.5, 0.6) is 0 Å². The first-order valence-corrected chi connectivity index (χ1v) is 4.51. The Morgan fingerprint density at radius 2 is 1.79 bits per heavy atom. The fraction of sp³-hybridized carbons (Fsp3) is 0.0833. The highest BCUT2D eigenvalue weighted by Gasteiger charge is 1.93. The van der Waals surface area contributed by atoms with Gasteiger partial charge in [-0.2, -0.15) is 0 Å². The smallest absolute Gasteiger partial charge is 0.181 e. The molecule has 0 amide bonds. The highest BCUT2D eigenvalue weighted by Crippen LogP contribution is 2.08. The van der Waals surface area contributed by atoms with Gasteiger partial charge < -0.3 is 4.57 Å². The summed E-state index contributed by atoms with van der Waals surface area (Å²) >= 11 is 0. The summed E-state index contributed by atoms with van der Waals surface area (Å²) in [5, 5.41) is 0. The molecule has 0 spiro atoms. The normalized spacial score (nSPS) is 10.1. The first-order valence-electron chi connectivity index (χ1n) is 4.51. The maximum Gasteiger partial charge on any atom is 0.181 e. The molecule has 1 heterocycles. The van der Waals surface area contributed by atoms with Crippen molar-refractivity contribution >= 4 is 0 Å². The third kappa shape index (κ3) is 1.74. The third-order valence-electron chi connectivity index (χ3n) is 2.10. The summed E-state index contributed by atoms with van der Waals surface area (Å²) in [6.45, 7) is 2.05. The maximum atomic E-state index is 10.9. The van der Waals surface area contributed by atoms with Gasteiger partial charge in [-0.1, -0.05) is 12.1 Å². The average molecular weight is 185 g/mol. The Bertz CT molecular complexity index is 479. The summed E-state index contributed by atoms with van der Waals surface area (Å²) in [4.78, 5) is 10.9. The minimum atomic E-state index is 0.0360. The summed E-state index contributed by atoms with van der Waals surface area (Å²) in [6, 6.07) is 11.3. The zero-order chi connectivity index (χ0) is 9.97. The van der Waals surface area contributed by atoms with Crippen LogP contribution in [0.2, 0.25) is 0 Å². The first-order chi connectivity index (χ1) is 6.75. The number of rotatable bonds is 1. The number of aryl methyl sites for hydroxylation is 1. The monoisotopic (exact) mass is 185 g/mol. The molecule has 1 aromatic heterocycles. The molecule has 2 rings (SSSR count). The van der Waals surface area contributed by atoms with E-state index in [1.54, 1.807) is 24.5 Å². The van der Waals surface area contributed by atoms with Gasteiger partial charge in [0.1, 0.15) is 0 Å². The predicted octanol–water partition coefficient (Wildman–Crippen LogP) is 2.15. The van der Waals surface area contributed by atoms with Gasteiger partial charge in [-0.15, -0.1) is 0 Å². The lowest BCUT2D eigenvalue weighted by Crippen LogP contribution is -2.01. The van der Waals surface area contributed by atoms with E-state index in [1.165, 1.54) is 5.56 Å². The van der Waals surface area contributed by atoms with Gasteiger partial charge in [0.15, 0.2) is 5.43 Å². The molecular formula is C12H11NO. The van der Waals surface area contributed by atoms with E-state index >= 15 is 0 Å². The quantitative estimate of drug-likeness (QED) is 0.667. The van der Waals surface area contributed by atoms with E-state index in [0.29, 0.717) is 0 Å². The second-order valence-corrected chi connectivity index (χ2v) is 3.28. The van der Waals surface area contributed by atoms with Crippen LogP contribution in [-0.2, 0) is 0 Å². The second kappa shape index (κ2) is 3.50. The molecule has 0 aliphatic rings. The van der Waals surface area contributed by atoms with E-state index in [1.807, 2.05) is 29.7 Å². The van der Waals surface area contributed by atoms with E-state index in [-0.39, 0.29) is 5.43 Å². The molecule has 0 aliphatic heterocycles. The summed E-state index contributed by atoms with van der Waals surface area (Å²) in [7, 11) is 0. The van der Waals surface area contributed by atoms with Crippen LogP contribution < -0.4 is 5.43 Å². The number of benzene rings is 1. The van der Waals surface area contributed by atoms with E-state index < -0.39 is 0 Å². The summed E-state index contributed by atoms with van der Waals surface area (Å²) in [6.07, 6.45) is 3.55. The Kier molecular flexibility index (Phi) is 2.19. The number of aromatic nitrogens is 1. The molecule has 14 heavy (non-hydrogen) atoms. The van der Waals surface area contributed by atoms with Crippen LogP contribution in [0.1, 0.15) is 5.56 Å². The van der Waals surface area contributed by atoms with Crippen molar-refractivity contribution < 1.29 is 0 Å². The molecule has 2 aromatic rings. The van der Waals surface area contributed by atoms with E-state index in [9.17, 15) is 4.79 Å². The summed E-state index contributed by atoms with van der Waals surface area (Å²) < 4.78 is 1.92. The van der Waals surface area contributed by atoms with Crippen LogP contribution in [0.15, 0.2) is 53.6 Å². The lowest BCUT2D eigenvalue weighted by molar-refractivity contribution is 1.04. The number of pyridine rings is 1. The van der Waals surface area contributed by atoms with E-state index in [4.69, 9.17) is 0 Å². The molecule has 2 heteroatoms. The molecule has 0 aliphatic carbocycles. The topological polar surface area (TPSA) is 22.0 Å². The summed E-state index contributed by atoms with van der Waals surface area (Å²) in [5.41, 5.74) is 2.32. The Hall–Kier alpha value is -1.83. The van der Waals surface area contributed by atoms with E-state index in [2.05, 4.69) is 6.07 Å². The molecule has 0 radical (unpaired) electrons. The fourth-order valence-corrected chi connectivity index (χ4v) is 1.37. The predicted molar refractivity (Wildman–Crippen MR) is 56.8 cm³/mol. The first kappa shape index (κ1) is 8.75. The fourth-order valence-electron chi connectivity index (χ4n) is 1.37. The Balaban J connectivity index is 2.49. The third-order valence-corrected chi connectivity index (χ3v) is 2.10.